The van der Waals surface area contributed by atoms with E-state index < -0.39 is 0 Å². The zero-order chi connectivity index (χ0) is 14.4. The summed E-state index contributed by atoms with van der Waals surface area (Å²) >= 11 is 0. The van der Waals surface area contributed by atoms with Crippen LogP contribution in [0, 0.1) is 17.8 Å². The molecule has 0 aliphatic carbocycles. The summed E-state index contributed by atoms with van der Waals surface area (Å²) in [6.45, 7) is 6.01. The lowest BCUT2D eigenvalue weighted by atomic mass is 9.98. The van der Waals surface area contributed by atoms with Crippen molar-refractivity contribution in [2.75, 3.05) is 26.7 Å². The van der Waals surface area contributed by atoms with Crippen LogP contribution < -0.4 is 10.5 Å². The second-order valence-electron chi connectivity index (χ2n) is 5.49. The first-order valence-electron chi connectivity index (χ1n) is 7.31. The second-order valence-corrected chi connectivity index (χ2v) is 5.49. The van der Waals surface area contributed by atoms with Gasteiger partial charge in [0.1, 0.15) is 5.75 Å². The van der Waals surface area contributed by atoms with Gasteiger partial charge in [-0.25, -0.2) is 0 Å². The highest BCUT2D eigenvalue weighted by Gasteiger charge is 2.17. The molecule has 0 amide bonds. The first kappa shape index (κ1) is 14.9. The summed E-state index contributed by atoms with van der Waals surface area (Å²) in [4.78, 5) is 2.50. The van der Waals surface area contributed by atoms with Gasteiger partial charge in [0.2, 0.25) is 0 Å². The molecular formula is C17H24N2O. The van der Waals surface area contributed by atoms with E-state index in [-0.39, 0.29) is 0 Å². The van der Waals surface area contributed by atoms with E-state index in [1.165, 1.54) is 31.5 Å². The van der Waals surface area contributed by atoms with Gasteiger partial charge in [-0.2, -0.15) is 0 Å². The molecule has 2 N–H and O–H groups in total. The number of likely N-dealkylation sites (tertiary alicyclic amines) is 1. The average molecular weight is 272 g/mol. The Kier molecular flexibility index (Phi) is 5.46. The standard InChI is InChI=1S/C17H24N2O/c1-14-7-10-19(11-8-14)13-16-12-15(4-3-9-18)5-6-17(16)20-2/h5-6,12,14H,7-11,13,18H2,1-2H3. The number of nitrogens with zero attached hydrogens (tertiary/aromatic N) is 1. The third kappa shape index (κ3) is 4.00. The summed E-state index contributed by atoms with van der Waals surface area (Å²) < 4.78 is 5.47. The van der Waals surface area contributed by atoms with Crippen LogP contribution in [0.5, 0.6) is 5.75 Å². The van der Waals surface area contributed by atoms with E-state index in [2.05, 4.69) is 29.7 Å². The van der Waals surface area contributed by atoms with Gasteiger partial charge in [-0.3, -0.25) is 4.90 Å². The van der Waals surface area contributed by atoms with Gasteiger partial charge in [-0.1, -0.05) is 18.8 Å². The zero-order valence-corrected chi connectivity index (χ0v) is 12.5. The molecular weight excluding hydrogens is 248 g/mol. The smallest absolute Gasteiger partial charge is 0.123 e. The maximum atomic E-state index is 5.47. The average Bonchev–Trinajstić information content (AvgIpc) is 2.48. The lowest BCUT2D eigenvalue weighted by Gasteiger charge is -2.30. The third-order valence-electron chi connectivity index (χ3n) is 3.89. The van der Waals surface area contributed by atoms with E-state index in [1.54, 1.807) is 7.11 Å². The lowest BCUT2D eigenvalue weighted by Crippen LogP contribution is -2.32. The normalized spacial score (nSPS) is 16.6. The molecule has 0 radical (unpaired) electrons. The minimum atomic E-state index is 0.394. The highest BCUT2D eigenvalue weighted by atomic mass is 16.5. The Morgan fingerprint density at radius 1 is 1.35 bits per heavy atom. The highest BCUT2D eigenvalue weighted by molar-refractivity contribution is 5.44. The highest BCUT2D eigenvalue weighted by Crippen LogP contribution is 2.24. The number of rotatable bonds is 3. The van der Waals surface area contributed by atoms with Crippen LogP contribution in [0.4, 0.5) is 0 Å². The van der Waals surface area contributed by atoms with Gasteiger partial charge >= 0.3 is 0 Å². The molecule has 1 heterocycles. The zero-order valence-electron chi connectivity index (χ0n) is 12.5. The SMILES string of the molecule is COc1ccc(C#CCN)cc1CN1CCC(C)CC1. The predicted octanol–water partition coefficient (Wildman–Crippen LogP) is 2.24. The van der Waals surface area contributed by atoms with Gasteiger partial charge in [0, 0.05) is 17.7 Å². The maximum Gasteiger partial charge on any atom is 0.123 e. The Bertz CT molecular complexity index is 493. The summed E-state index contributed by atoms with van der Waals surface area (Å²) in [7, 11) is 1.72. The lowest BCUT2D eigenvalue weighted by molar-refractivity contribution is 0.183. The van der Waals surface area contributed by atoms with Crippen molar-refractivity contribution < 1.29 is 4.74 Å². The molecule has 1 aliphatic heterocycles. The van der Waals surface area contributed by atoms with Crippen molar-refractivity contribution >= 4 is 0 Å². The first-order valence-corrected chi connectivity index (χ1v) is 7.31. The van der Waals surface area contributed by atoms with Crippen LogP contribution >= 0.6 is 0 Å². The van der Waals surface area contributed by atoms with Gasteiger partial charge in [-0.15, -0.1) is 0 Å². The Balaban J connectivity index is 2.11. The quantitative estimate of drug-likeness (QED) is 0.858. The van der Waals surface area contributed by atoms with Crippen LogP contribution in [-0.2, 0) is 6.54 Å². The minimum Gasteiger partial charge on any atom is -0.496 e. The summed E-state index contributed by atoms with van der Waals surface area (Å²) in [6.07, 6.45) is 2.57. The number of hydrogen-bond donors (Lipinski definition) is 1. The van der Waals surface area contributed by atoms with Crippen LogP contribution in [0.1, 0.15) is 30.9 Å². The molecule has 1 aliphatic rings. The van der Waals surface area contributed by atoms with Gasteiger partial charge in [0.25, 0.3) is 0 Å². The molecule has 0 spiro atoms. The molecule has 1 fully saturated rings. The summed E-state index contributed by atoms with van der Waals surface area (Å²) in [5.41, 5.74) is 7.65. The first-order chi connectivity index (χ1) is 9.72. The fourth-order valence-electron chi connectivity index (χ4n) is 2.59. The number of nitrogens with two attached hydrogens (primary N) is 1. The molecule has 1 saturated heterocycles. The molecule has 0 saturated carbocycles. The molecule has 3 heteroatoms. The van der Waals surface area contributed by atoms with E-state index in [0.717, 1.165) is 23.8 Å². The number of hydrogen-bond acceptors (Lipinski definition) is 3. The van der Waals surface area contributed by atoms with Crippen molar-refractivity contribution in [1.82, 2.24) is 4.90 Å². The topological polar surface area (TPSA) is 38.5 Å². The molecule has 0 bridgehead atoms. The van der Waals surface area contributed by atoms with E-state index in [1.807, 2.05) is 12.1 Å². The largest absolute Gasteiger partial charge is 0.496 e. The molecule has 0 atom stereocenters. The van der Waals surface area contributed by atoms with Crippen LogP contribution in [0.2, 0.25) is 0 Å². The Labute approximate surface area is 122 Å². The number of piperidine rings is 1. The van der Waals surface area contributed by atoms with Crippen molar-refractivity contribution in [2.45, 2.75) is 26.3 Å². The molecule has 0 aromatic heterocycles. The van der Waals surface area contributed by atoms with Crippen LogP contribution in [-0.4, -0.2) is 31.6 Å². The Hall–Kier alpha value is -1.50. The number of methoxy groups -OCH3 is 1. The molecule has 1 aromatic rings. The van der Waals surface area contributed by atoms with E-state index >= 15 is 0 Å². The van der Waals surface area contributed by atoms with E-state index in [4.69, 9.17) is 10.5 Å². The Morgan fingerprint density at radius 3 is 2.75 bits per heavy atom. The fourth-order valence-corrected chi connectivity index (χ4v) is 2.59. The predicted molar refractivity (Wildman–Crippen MR) is 82.6 cm³/mol. The van der Waals surface area contributed by atoms with Crippen LogP contribution in [0.3, 0.4) is 0 Å². The molecule has 1 aromatic carbocycles. The summed E-state index contributed by atoms with van der Waals surface area (Å²) in [5.74, 6) is 7.80. The van der Waals surface area contributed by atoms with Crippen molar-refractivity contribution in [3.63, 3.8) is 0 Å². The monoisotopic (exact) mass is 272 g/mol. The van der Waals surface area contributed by atoms with Crippen molar-refractivity contribution in [1.29, 1.82) is 0 Å². The van der Waals surface area contributed by atoms with Gasteiger partial charge in [0.05, 0.1) is 13.7 Å². The molecule has 2 rings (SSSR count). The van der Waals surface area contributed by atoms with Gasteiger partial charge in [-0.05, 0) is 50.0 Å². The van der Waals surface area contributed by atoms with Crippen molar-refractivity contribution in [2.24, 2.45) is 11.7 Å². The fraction of sp³-hybridized carbons (Fsp3) is 0.529. The molecule has 0 unspecified atom stereocenters. The summed E-state index contributed by atoms with van der Waals surface area (Å²) in [6, 6.07) is 6.12. The van der Waals surface area contributed by atoms with E-state index in [9.17, 15) is 0 Å². The number of ether oxygens (including phenoxy) is 1. The van der Waals surface area contributed by atoms with Gasteiger partial charge < -0.3 is 10.5 Å². The third-order valence-corrected chi connectivity index (χ3v) is 3.89. The van der Waals surface area contributed by atoms with Crippen LogP contribution in [0.15, 0.2) is 18.2 Å². The minimum absolute atomic E-state index is 0.394. The van der Waals surface area contributed by atoms with Crippen LogP contribution in [0.25, 0.3) is 0 Å². The maximum absolute atomic E-state index is 5.47. The van der Waals surface area contributed by atoms with Crippen molar-refractivity contribution in [3.05, 3.63) is 29.3 Å². The number of benzene rings is 1. The molecule has 108 valence electrons. The molecule has 20 heavy (non-hydrogen) atoms. The Morgan fingerprint density at radius 2 is 2.10 bits per heavy atom. The summed E-state index contributed by atoms with van der Waals surface area (Å²) in [5, 5.41) is 0. The van der Waals surface area contributed by atoms with Gasteiger partial charge in [0.15, 0.2) is 0 Å². The van der Waals surface area contributed by atoms with E-state index in [0.29, 0.717) is 6.54 Å². The molecule has 3 nitrogen and oxygen atoms in total. The van der Waals surface area contributed by atoms with Crippen molar-refractivity contribution in [3.8, 4) is 17.6 Å². The second kappa shape index (κ2) is 7.33.